The fraction of sp³-hybridized carbons (Fsp3) is 0.286. The molecule has 33 heavy (non-hydrogen) atoms. The molecule has 1 saturated carbocycles. The molecule has 3 aromatic carbocycles. The largest absolute Gasteiger partial charge is 0.454 e. The normalized spacial score (nSPS) is 15.2. The van der Waals surface area contributed by atoms with E-state index < -0.39 is 5.41 Å². The number of hydrogen-bond donors (Lipinski definition) is 0. The molecule has 1 aliphatic heterocycles. The van der Waals surface area contributed by atoms with Crippen LogP contribution in [0.15, 0.2) is 60.7 Å². The summed E-state index contributed by atoms with van der Waals surface area (Å²) in [6.07, 6.45) is 2.10. The Balaban J connectivity index is 1.42. The van der Waals surface area contributed by atoms with Gasteiger partial charge in [-0.1, -0.05) is 36.4 Å². The van der Waals surface area contributed by atoms with Crippen molar-refractivity contribution in [2.75, 3.05) is 20.9 Å². The average Bonchev–Trinajstić information content (AvgIpc) is 3.50. The summed E-state index contributed by atoms with van der Waals surface area (Å²) < 4.78 is 10.9. The van der Waals surface area contributed by atoms with Crippen LogP contribution in [-0.2, 0) is 16.6 Å². The van der Waals surface area contributed by atoms with E-state index in [2.05, 4.69) is 6.92 Å². The fourth-order valence-electron chi connectivity index (χ4n) is 4.66. The molecule has 0 saturated heterocycles. The van der Waals surface area contributed by atoms with E-state index in [9.17, 15) is 9.59 Å². The highest BCUT2D eigenvalue weighted by atomic mass is 16.7. The molecule has 0 aromatic heterocycles. The van der Waals surface area contributed by atoms with Crippen LogP contribution in [0.25, 0.3) is 11.1 Å². The van der Waals surface area contributed by atoms with Gasteiger partial charge in [0.05, 0.1) is 5.41 Å². The van der Waals surface area contributed by atoms with Gasteiger partial charge in [-0.05, 0) is 71.8 Å². The first-order valence-electron chi connectivity index (χ1n) is 11.2. The predicted molar refractivity (Wildman–Crippen MR) is 127 cm³/mol. The van der Waals surface area contributed by atoms with Crippen LogP contribution in [-0.4, -0.2) is 37.5 Å². The summed E-state index contributed by atoms with van der Waals surface area (Å²) in [6, 6.07) is 19.6. The lowest BCUT2D eigenvalue weighted by Crippen LogP contribution is -2.23. The third-order valence-corrected chi connectivity index (χ3v) is 6.83. The van der Waals surface area contributed by atoms with Gasteiger partial charge in [-0.15, -0.1) is 0 Å². The van der Waals surface area contributed by atoms with Gasteiger partial charge < -0.3 is 14.4 Å². The third-order valence-electron chi connectivity index (χ3n) is 6.83. The number of rotatable bonds is 6. The van der Waals surface area contributed by atoms with Crippen molar-refractivity contribution < 1.29 is 19.1 Å². The van der Waals surface area contributed by atoms with Gasteiger partial charge in [-0.3, -0.25) is 9.59 Å². The molecule has 168 valence electrons. The molecule has 5 heteroatoms. The van der Waals surface area contributed by atoms with Crippen LogP contribution >= 0.6 is 0 Å². The van der Waals surface area contributed by atoms with Gasteiger partial charge in [0, 0.05) is 26.1 Å². The van der Waals surface area contributed by atoms with E-state index in [1.54, 1.807) is 19.0 Å². The van der Waals surface area contributed by atoms with Crippen molar-refractivity contribution in [2.24, 2.45) is 0 Å². The SMILES string of the molecule is Cc1c(CC(=O)C2(c3ccc4c(c3)OCO4)CC2)cccc1-c1cccc(C(=O)N(C)C)c1. The summed E-state index contributed by atoms with van der Waals surface area (Å²) in [7, 11) is 3.50. The standard InChI is InChI=1S/C28H27NO4/c1-18-19(6-5-9-23(18)20-7-4-8-21(14-20)27(31)29(2)3)15-26(30)28(12-13-28)22-10-11-24-25(16-22)33-17-32-24/h4-11,14,16H,12-13,15,17H2,1-3H3. The summed E-state index contributed by atoms with van der Waals surface area (Å²) in [4.78, 5) is 27.5. The minimum atomic E-state index is -0.429. The zero-order chi connectivity index (χ0) is 23.2. The van der Waals surface area contributed by atoms with Crippen molar-refractivity contribution in [3.8, 4) is 22.6 Å². The van der Waals surface area contributed by atoms with Gasteiger partial charge in [0.15, 0.2) is 11.5 Å². The van der Waals surface area contributed by atoms with Crippen molar-refractivity contribution in [3.63, 3.8) is 0 Å². The number of fused-ring (bicyclic) bond motifs is 1. The summed E-state index contributed by atoms with van der Waals surface area (Å²) in [5.41, 5.74) is 5.35. The van der Waals surface area contributed by atoms with Gasteiger partial charge in [-0.2, -0.15) is 0 Å². The Kier molecular flexibility index (Phi) is 5.20. The highest BCUT2D eigenvalue weighted by Crippen LogP contribution is 2.51. The van der Waals surface area contributed by atoms with Crippen LogP contribution < -0.4 is 9.47 Å². The number of carbonyl (C=O) groups excluding carboxylic acids is 2. The molecule has 0 unspecified atom stereocenters. The van der Waals surface area contributed by atoms with Crippen LogP contribution in [0.2, 0.25) is 0 Å². The van der Waals surface area contributed by atoms with Gasteiger partial charge in [-0.25, -0.2) is 0 Å². The molecule has 2 aliphatic rings. The Morgan fingerprint density at radius 3 is 2.45 bits per heavy atom. The molecule has 5 nitrogen and oxygen atoms in total. The van der Waals surface area contributed by atoms with Gasteiger partial charge in [0.2, 0.25) is 6.79 Å². The first-order valence-corrected chi connectivity index (χ1v) is 11.2. The molecule has 0 N–H and O–H groups in total. The number of carbonyl (C=O) groups is 2. The molecule has 1 aliphatic carbocycles. The van der Waals surface area contributed by atoms with Crippen molar-refractivity contribution in [3.05, 3.63) is 82.9 Å². The molecule has 1 heterocycles. The molecular formula is C28H27NO4. The first-order chi connectivity index (χ1) is 15.9. The Morgan fingerprint density at radius 2 is 1.70 bits per heavy atom. The first kappa shape index (κ1) is 21.3. The Bertz CT molecular complexity index is 1260. The smallest absolute Gasteiger partial charge is 0.253 e. The second-order valence-corrected chi connectivity index (χ2v) is 9.12. The van der Waals surface area contributed by atoms with Crippen LogP contribution in [0.4, 0.5) is 0 Å². The molecule has 0 radical (unpaired) electrons. The second-order valence-electron chi connectivity index (χ2n) is 9.12. The monoisotopic (exact) mass is 441 g/mol. The van der Waals surface area contributed by atoms with E-state index in [1.807, 2.05) is 60.7 Å². The molecule has 1 fully saturated rings. The Labute approximate surface area is 193 Å². The lowest BCUT2D eigenvalue weighted by atomic mass is 9.85. The minimum Gasteiger partial charge on any atom is -0.454 e. The lowest BCUT2D eigenvalue weighted by Gasteiger charge is -2.18. The van der Waals surface area contributed by atoms with Crippen LogP contribution in [0.1, 0.15) is 39.9 Å². The zero-order valence-corrected chi connectivity index (χ0v) is 19.2. The van der Waals surface area contributed by atoms with E-state index in [1.165, 1.54) is 0 Å². The fourth-order valence-corrected chi connectivity index (χ4v) is 4.66. The lowest BCUT2D eigenvalue weighted by molar-refractivity contribution is -0.120. The summed E-state index contributed by atoms with van der Waals surface area (Å²) in [5.74, 6) is 1.66. The molecule has 0 spiro atoms. The quantitative estimate of drug-likeness (QED) is 0.544. The van der Waals surface area contributed by atoms with Crippen molar-refractivity contribution in [1.82, 2.24) is 4.90 Å². The van der Waals surface area contributed by atoms with Crippen LogP contribution in [0.3, 0.4) is 0 Å². The number of nitrogens with zero attached hydrogens (tertiary/aromatic N) is 1. The van der Waals surface area contributed by atoms with Gasteiger partial charge >= 0.3 is 0 Å². The molecule has 1 amide bonds. The average molecular weight is 442 g/mol. The van der Waals surface area contributed by atoms with E-state index in [0.717, 1.165) is 52.2 Å². The van der Waals surface area contributed by atoms with Crippen LogP contribution in [0, 0.1) is 6.92 Å². The highest BCUT2D eigenvalue weighted by Gasteiger charge is 2.50. The van der Waals surface area contributed by atoms with Gasteiger partial charge in [0.25, 0.3) is 5.91 Å². The number of ether oxygens (including phenoxy) is 2. The second kappa shape index (κ2) is 8.07. The minimum absolute atomic E-state index is 0.0276. The molecule has 3 aromatic rings. The zero-order valence-electron chi connectivity index (χ0n) is 19.2. The van der Waals surface area contributed by atoms with E-state index in [0.29, 0.717) is 12.0 Å². The van der Waals surface area contributed by atoms with Gasteiger partial charge in [0.1, 0.15) is 5.78 Å². The van der Waals surface area contributed by atoms with Crippen LogP contribution in [0.5, 0.6) is 11.5 Å². The summed E-state index contributed by atoms with van der Waals surface area (Å²) >= 11 is 0. The molecule has 0 bridgehead atoms. The number of Topliss-reactive ketones (excluding diaryl/α,β-unsaturated/α-hetero) is 1. The number of amides is 1. The van der Waals surface area contributed by atoms with Crippen molar-refractivity contribution >= 4 is 11.7 Å². The maximum Gasteiger partial charge on any atom is 0.253 e. The maximum absolute atomic E-state index is 13.5. The number of hydrogen-bond acceptors (Lipinski definition) is 4. The Morgan fingerprint density at radius 1 is 0.939 bits per heavy atom. The molecular weight excluding hydrogens is 414 g/mol. The third kappa shape index (κ3) is 3.78. The van der Waals surface area contributed by atoms with E-state index >= 15 is 0 Å². The predicted octanol–water partition coefficient (Wildman–Crippen LogP) is 4.94. The summed E-state index contributed by atoms with van der Waals surface area (Å²) in [6.45, 7) is 2.28. The number of benzene rings is 3. The number of ketones is 1. The summed E-state index contributed by atoms with van der Waals surface area (Å²) in [5, 5.41) is 0. The topological polar surface area (TPSA) is 55.8 Å². The van der Waals surface area contributed by atoms with Crippen molar-refractivity contribution in [2.45, 2.75) is 31.6 Å². The van der Waals surface area contributed by atoms with E-state index in [-0.39, 0.29) is 18.5 Å². The molecule has 5 rings (SSSR count). The maximum atomic E-state index is 13.5. The Hall–Kier alpha value is -3.60. The van der Waals surface area contributed by atoms with E-state index in [4.69, 9.17) is 9.47 Å². The molecule has 0 atom stereocenters. The van der Waals surface area contributed by atoms with Crippen molar-refractivity contribution in [1.29, 1.82) is 0 Å². The highest BCUT2D eigenvalue weighted by molar-refractivity contribution is 5.96.